The highest BCUT2D eigenvalue weighted by molar-refractivity contribution is 7.09. The number of thiazole rings is 1. The van der Waals surface area contributed by atoms with Gasteiger partial charge in [0.2, 0.25) is 5.91 Å². The lowest BCUT2D eigenvalue weighted by Gasteiger charge is -2.06. The van der Waals surface area contributed by atoms with Crippen molar-refractivity contribution >= 4 is 23.5 Å². The van der Waals surface area contributed by atoms with E-state index in [4.69, 9.17) is 4.74 Å². The molecule has 0 aliphatic carbocycles. The Bertz CT molecular complexity index is 891. The molecule has 1 aromatic heterocycles. The van der Waals surface area contributed by atoms with E-state index in [1.165, 1.54) is 11.3 Å². The maximum Gasteiger partial charge on any atom is 0.246 e. The highest BCUT2D eigenvalue weighted by Gasteiger charge is 2.05. The standard InChI is InChI=1S/C20H19N3O2S/c1-15-14-26-20(22-15)11-19(24)23-21-12-17-8-5-9-18(10-17)25-13-16-6-3-2-4-7-16/h2-10,12,14H,11,13H2,1H3,(H,23,24)/b21-12-. The molecular weight excluding hydrogens is 346 g/mol. The minimum atomic E-state index is -0.188. The number of amides is 1. The van der Waals surface area contributed by atoms with Gasteiger partial charge in [0, 0.05) is 11.1 Å². The summed E-state index contributed by atoms with van der Waals surface area (Å²) in [5.41, 5.74) is 5.40. The Morgan fingerprint density at radius 2 is 2.08 bits per heavy atom. The summed E-state index contributed by atoms with van der Waals surface area (Å²) in [5, 5.41) is 6.71. The molecule has 1 amide bonds. The zero-order valence-corrected chi connectivity index (χ0v) is 15.2. The lowest BCUT2D eigenvalue weighted by molar-refractivity contribution is -0.120. The highest BCUT2D eigenvalue weighted by Crippen LogP contribution is 2.14. The molecule has 0 aliphatic heterocycles. The van der Waals surface area contributed by atoms with Gasteiger partial charge in [-0.25, -0.2) is 10.4 Å². The number of rotatable bonds is 7. The number of carbonyl (C=O) groups excluding carboxylic acids is 1. The van der Waals surface area contributed by atoms with Crippen molar-refractivity contribution < 1.29 is 9.53 Å². The van der Waals surface area contributed by atoms with Crippen molar-refractivity contribution in [3.63, 3.8) is 0 Å². The fraction of sp³-hybridized carbons (Fsp3) is 0.150. The molecule has 1 N–H and O–H groups in total. The Morgan fingerprint density at radius 3 is 2.85 bits per heavy atom. The molecule has 0 fully saturated rings. The smallest absolute Gasteiger partial charge is 0.246 e. The summed E-state index contributed by atoms with van der Waals surface area (Å²) >= 11 is 1.47. The minimum absolute atomic E-state index is 0.188. The maximum absolute atomic E-state index is 11.9. The molecule has 6 heteroatoms. The van der Waals surface area contributed by atoms with Gasteiger partial charge in [-0.05, 0) is 30.2 Å². The van der Waals surface area contributed by atoms with E-state index in [1.807, 2.05) is 66.9 Å². The van der Waals surface area contributed by atoms with Gasteiger partial charge in [0.25, 0.3) is 0 Å². The van der Waals surface area contributed by atoms with Crippen molar-refractivity contribution in [2.75, 3.05) is 0 Å². The number of nitrogens with one attached hydrogen (secondary N) is 1. The quantitative estimate of drug-likeness (QED) is 0.513. The molecule has 0 aliphatic rings. The second kappa shape index (κ2) is 8.92. The Labute approximate surface area is 156 Å². The fourth-order valence-electron chi connectivity index (χ4n) is 2.27. The maximum atomic E-state index is 11.9. The molecule has 0 saturated heterocycles. The van der Waals surface area contributed by atoms with Crippen molar-refractivity contribution in [1.29, 1.82) is 0 Å². The van der Waals surface area contributed by atoms with Crippen LogP contribution in [0.25, 0.3) is 0 Å². The average Bonchev–Trinajstić information content (AvgIpc) is 3.06. The van der Waals surface area contributed by atoms with Crippen molar-refractivity contribution in [3.8, 4) is 5.75 Å². The van der Waals surface area contributed by atoms with Gasteiger partial charge < -0.3 is 4.74 Å². The van der Waals surface area contributed by atoms with Crippen LogP contribution in [0.3, 0.4) is 0 Å². The molecule has 0 unspecified atom stereocenters. The third-order valence-corrected chi connectivity index (χ3v) is 4.45. The number of hydrazone groups is 1. The van der Waals surface area contributed by atoms with Crippen LogP contribution in [0.1, 0.15) is 21.8 Å². The molecule has 1 heterocycles. The monoisotopic (exact) mass is 365 g/mol. The number of aryl methyl sites for hydroxylation is 1. The van der Waals surface area contributed by atoms with E-state index < -0.39 is 0 Å². The van der Waals surface area contributed by atoms with Crippen LogP contribution in [0.4, 0.5) is 0 Å². The van der Waals surface area contributed by atoms with E-state index in [-0.39, 0.29) is 12.3 Å². The van der Waals surface area contributed by atoms with Crippen LogP contribution in [0.15, 0.2) is 65.1 Å². The lowest BCUT2D eigenvalue weighted by Crippen LogP contribution is -2.19. The number of nitrogens with zero attached hydrogens (tertiary/aromatic N) is 2. The SMILES string of the molecule is Cc1csc(CC(=O)N/N=C\c2cccc(OCc3ccccc3)c2)n1. The lowest BCUT2D eigenvalue weighted by atomic mass is 10.2. The zero-order chi connectivity index (χ0) is 18.2. The average molecular weight is 365 g/mol. The van der Waals surface area contributed by atoms with Gasteiger partial charge in [-0.1, -0.05) is 42.5 Å². The van der Waals surface area contributed by atoms with Crippen LogP contribution < -0.4 is 10.2 Å². The van der Waals surface area contributed by atoms with E-state index in [0.29, 0.717) is 6.61 Å². The molecular formula is C20H19N3O2S. The summed E-state index contributed by atoms with van der Waals surface area (Å²) in [6.45, 7) is 2.41. The molecule has 3 rings (SSSR count). The van der Waals surface area contributed by atoms with Crippen LogP contribution >= 0.6 is 11.3 Å². The molecule has 2 aromatic carbocycles. The van der Waals surface area contributed by atoms with Gasteiger partial charge >= 0.3 is 0 Å². The Hall–Kier alpha value is -2.99. The Morgan fingerprint density at radius 1 is 1.23 bits per heavy atom. The second-order valence-corrected chi connectivity index (χ2v) is 6.64. The fourth-order valence-corrected chi connectivity index (χ4v) is 3.04. The third-order valence-electron chi connectivity index (χ3n) is 3.49. The van der Waals surface area contributed by atoms with E-state index >= 15 is 0 Å². The molecule has 0 saturated carbocycles. The highest BCUT2D eigenvalue weighted by atomic mass is 32.1. The van der Waals surface area contributed by atoms with E-state index in [2.05, 4.69) is 15.5 Å². The molecule has 26 heavy (non-hydrogen) atoms. The Balaban J connectivity index is 1.51. The summed E-state index contributed by atoms with van der Waals surface area (Å²) in [4.78, 5) is 16.1. The molecule has 0 radical (unpaired) electrons. The number of aromatic nitrogens is 1. The Kier molecular flexibility index (Phi) is 6.11. The third kappa shape index (κ3) is 5.53. The number of ether oxygens (including phenoxy) is 1. The topological polar surface area (TPSA) is 63.6 Å². The first-order valence-corrected chi connectivity index (χ1v) is 9.07. The zero-order valence-electron chi connectivity index (χ0n) is 14.4. The van der Waals surface area contributed by atoms with E-state index in [0.717, 1.165) is 27.6 Å². The van der Waals surface area contributed by atoms with Crippen LogP contribution in [0, 0.1) is 6.92 Å². The van der Waals surface area contributed by atoms with Gasteiger partial charge in [0.1, 0.15) is 17.4 Å². The van der Waals surface area contributed by atoms with Crippen LogP contribution in [-0.4, -0.2) is 17.1 Å². The van der Waals surface area contributed by atoms with Crippen molar-refractivity contribution in [1.82, 2.24) is 10.4 Å². The number of hydrogen-bond donors (Lipinski definition) is 1. The van der Waals surface area contributed by atoms with Crippen molar-refractivity contribution in [2.24, 2.45) is 5.10 Å². The summed E-state index contributed by atoms with van der Waals surface area (Å²) in [6.07, 6.45) is 1.83. The van der Waals surface area contributed by atoms with Crippen molar-refractivity contribution in [2.45, 2.75) is 20.0 Å². The summed E-state index contributed by atoms with van der Waals surface area (Å²) in [6, 6.07) is 17.5. The number of carbonyl (C=O) groups is 1. The summed E-state index contributed by atoms with van der Waals surface area (Å²) in [7, 11) is 0. The van der Waals surface area contributed by atoms with E-state index in [9.17, 15) is 4.79 Å². The largest absolute Gasteiger partial charge is 0.489 e. The number of benzene rings is 2. The van der Waals surface area contributed by atoms with Crippen LogP contribution in [-0.2, 0) is 17.8 Å². The first kappa shape index (κ1) is 17.8. The van der Waals surface area contributed by atoms with Gasteiger partial charge in [0.05, 0.1) is 12.6 Å². The van der Waals surface area contributed by atoms with Gasteiger partial charge in [-0.2, -0.15) is 5.10 Å². The predicted octanol–water partition coefficient (Wildman–Crippen LogP) is 3.72. The summed E-state index contributed by atoms with van der Waals surface area (Å²) < 4.78 is 5.79. The normalized spacial score (nSPS) is 10.8. The number of hydrogen-bond acceptors (Lipinski definition) is 5. The predicted molar refractivity (Wildman–Crippen MR) is 104 cm³/mol. The molecule has 0 atom stereocenters. The van der Waals surface area contributed by atoms with Gasteiger partial charge in [0.15, 0.2) is 0 Å². The first-order chi connectivity index (χ1) is 12.7. The molecule has 5 nitrogen and oxygen atoms in total. The molecule has 0 spiro atoms. The molecule has 3 aromatic rings. The molecule has 0 bridgehead atoms. The van der Waals surface area contributed by atoms with Gasteiger partial charge in [-0.15, -0.1) is 11.3 Å². The van der Waals surface area contributed by atoms with Gasteiger partial charge in [-0.3, -0.25) is 4.79 Å². The molecule has 132 valence electrons. The second-order valence-electron chi connectivity index (χ2n) is 5.70. The van der Waals surface area contributed by atoms with Crippen LogP contribution in [0.5, 0.6) is 5.75 Å². The first-order valence-electron chi connectivity index (χ1n) is 8.19. The summed E-state index contributed by atoms with van der Waals surface area (Å²) in [5.74, 6) is 0.564. The minimum Gasteiger partial charge on any atom is -0.489 e. The van der Waals surface area contributed by atoms with Crippen LogP contribution in [0.2, 0.25) is 0 Å². The van der Waals surface area contributed by atoms with E-state index in [1.54, 1.807) is 6.21 Å². The van der Waals surface area contributed by atoms with Crippen molar-refractivity contribution in [3.05, 3.63) is 81.8 Å².